The van der Waals surface area contributed by atoms with Crippen LogP contribution in [0.1, 0.15) is 22.1 Å². The van der Waals surface area contributed by atoms with Crippen molar-refractivity contribution in [2.45, 2.75) is 6.04 Å². The molecule has 3 aromatic rings. The number of hydrogen-bond acceptors (Lipinski definition) is 4. The molecule has 0 aliphatic heterocycles. The average Bonchev–Trinajstić information content (AvgIpc) is 3.10. The molecule has 1 heterocycles. The van der Waals surface area contributed by atoms with E-state index in [2.05, 4.69) is 10.3 Å². The molecule has 1 aromatic heterocycles. The number of thiazole rings is 1. The standard InChI is InChI=1S/C18H10F3N3OS/c19-10-5-6-11(14(21)7-10)15(8-22)23-17(25)16-9-26-18(24-16)12-3-1-2-4-13(12)20/h1-7,9,15H,(H,23,25). The minimum atomic E-state index is -1.32. The van der Waals surface area contributed by atoms with Crippen LogP contribution in [0.15, 0.2) is 47.8 Å². The molecular weight excluding hydrogens is 363 g/mol. The van der Waals surface area contributed by atoms with Crippen molar-refractivity contribution >= 4 is 17.2 Å². The molecule has 26 heavy (non-hydrogen) atoms. The van der Waals surface area contributed by atoms with Crippen LogP contribution in [0.5, 0.6) is 0 Å². The molecule has 2 aromatic carbocycles. The summed E-state index contributed by atoms with van der Waals surface area (Å²) in [5.74, 6) is -2.93. The lowest BCUT2D eigenvalue weighted by molar-refractivity contribution is 0.0940. The van der Waals surface area contributed by atoms with Crippen molar-refractivity contribution in [1.29, 1.82) is 5.26 Å². The van der Waals surface area contributed by atoms with E-state index in [1.54, 1.807) is 12.1 Å². The molecule has 130 valence electrons. The summed E-state index contributed by atoms with van der Waals surface area (Å²) in [5, 5.41) is 13.2. The zero-order valence-electron chi connectivity index (χ0n) is 13.0. The molecule has 4 nitrogen and oxygen atoms in total. The highest BCUT2D eigenvalue weighted by Crippen LogP contribution is 2.26. The van der Waals surface area contributed by atoms with Gasteiger partial charge in [-0.25, -0.2) is 18.2 Å². The van der Waals surface area contributed by atoms with E-state index in [-0.39, 0.29) is 16.8 Å². The Kier molecular flexibility index (Phi) is 5.00. The molecule has 0 aliphatic rings. The van der Waals surface area contributed by atoms with Crippen LogP contribution in [0.3, 0.4) is 0 Å². The van der Waals surface area contributed by atoms with Gasteiger partial charge in [0.2, 0.25) is 0 Å². The van der Waals surface area contributed by atoms with E-state index in [1.165, 1.54) is 23.6 Å². The lowest BCUT2D eigenvalue weighted by Gasteiger charge is -2.11. The number of amides is 1. The number of hydrogen-bond donors (Lipinski definition) is 1. The fourth-order valence-corrected chi connectivity index (χ4v) is 3.08. The lowest BCUT2D eigenvalue weighted by Crippen LogP contribution is -2.28. The van der Waals surface area contributed by atoms with Crippen molar-refractivity contribution in [2.24, 2.45) is 0 Å². The highest BCUT2D eigenvalue weighted by molar-refractivity contribution is 7.13. The minimum Gasteiger partial charge on any atom is -0.331 e. The number of halogens is 3. The first kappa shape index (κ1) is 17.6. The van der Waals surface area contributed by atoms with Crippen LogP contribution in [0.25, 0.3) is 10.6 Å². The van der Waals surface area contributed by atoms with E-state index in [1.807, 2.05) is 0 Å². The summed E-state index contributed by atoms with van der Waals surface area (Å²) in [5.41, 5.74) is 0.0563. The van der Waals surface area contributed by atoms with Crippen LogP contribution in [-0.4, -0.2) is 10.9 Å². The molecule has 0 saturated carbocycles. The molecule has 1 amide bonds. The van der Waals surface area contributed by atoms with Gasteiger partial charge in [0, 0.05) is 22.6 Å². The second kappa shape index (κ2) is 7.37. The van der Waals surface area contributed by atoms with Gasteiger partial charge in [-0.15, -0.1) is 11.3 Å². The molecule has 0 fully saturated rings. The Morgan fingerprint density at radius 3 is 2.62 bits per heavy atom. The van der Waals surface area contributed by atoms with Gasteiger partial charge in [0.15, 0.2) is 0 Å². The Morgan fingerprint density at radius 1 is 1.15 bits per heavy atom. The maximum absolute atomic E-state index is 13.8. The van der Waals surface area contributed by atoms with Gasteiger partial charge in [-0.2, -0.15) is 5.26 Å². The first-order valence-electron chi connectivity index (χ1n) is 7.35. The third-order valence-corrected chi connectivity index (χ3v) is 4.39. The van der Waals surface area contributed by atoms with Gasteiger partial charge in [-0.1, -0.05) is 18.2 Å². The molecule has 8 heteroatoms. The predicted octanol–water partition coefficient (Wildman–Crippen LogP) is 4.22. The first-order valence-corrected chi connectivity index (χ1v) is 8.23. The molecule has 1 N–H and O–H groups in total. The summed E-state index contributed by atoms with van der Waals surface area (Å²) < 4.78 is 40.6. The summed E-state index contributed by atoms with van der Waals surface area (Å²) in [6.45, 7) is 0. The maximum atomic E-state index is 13.8. The van der Waals surface area contributed by atoms with Crippen molar-refractivity contribution in [1.82, 2.24) is 10.3 Å². The van der Waals surface area contributed by atoms with E-state index in [4.69, 9.17) is 0 Å². The number of benzene rings is 2. The summed E-state index contributed by atoms with van der Waals surface area (Å²) in [6.07, 6.45) is 0. The molecular formula is C18H10F3N3OS. The second-order valence-corrected chi connectivity index (χ2v) is 6.08. The number of nitrogens with zero attached hydrogens (tertiary/aromatic N) is 2. The Labute approximate surface area is 150 Å². The van der Waals surface area contributed by atoms with Crippen molar-refractivity contribution in [3.8, 4) is 16.6 Å². The number of nitriles is 1. The maximum Gasteiger partial charge on any atom is 0.272 e. The van der Waals surface area contributed by atoms with E-state index in [0.29, 0.717) is 11.1 Å². The topological polar surface area (TPSA) is 65.8 Å². The number of aromatic nitrogens is 1. The van der Waals surface area contributed by atoms with Gasteiger partial charge in [0.25, 0.3) is 5.91 Å². The van der Waals surface area contributed by atoms with Gasteiger partial charge in [-0.05, 0) is 18.2 Å². The average molecular weight is 373 g/mol. The zero-order chi connectivity index (χ0) is 18.7. The molecule has 0 spiro atoms. The zero-order valence-corrected chi connectivity index (χ0v) is 13.9. The van der Waals surface area contributed by atoms with Crippen LogP contribution >= 0.6 is 11.3 Å². The van der Waals surface area contributed by atoms with E-state index < -0.39 is 29.4 Å². The minimum absolute atomic E-state index is 0.0315. The third kappa shape index (κ3) is 3.58. The lowest BCUT2D eigenvalue weighted by atomic mass is 10.1. The summed E-state index contributed by atoms with van der Waals surface area (Å²) >= 11 is 1.06. The fourth-order valence-electron chi connectivity index (χ4n) is 2.26. The second-order valence-electron chi connectivity index (χ2n) is 5.22. The predicted molar refractivity (Wildman–Crippen MR) is 89.7 cm³/mol. The summed E-state index contributed by atoms with van der Waals surface area (Å²) in [4.78, 5) is 16.3. The Balaban J connectivity index is 1.82. The fraction of sp³-hybridized carbons (Fsp3) is 0.0556. The van der Waals surface area contributed by atoms with E-state index >= 15 is 0 Å². The van der Waals surface area contributed by atoms with Gasteiger partial charge in [0.05, 0.1) is 6.07 Å². The van der Waals surface area contributed by atoms with Crippen molar-refractivity contribution in [2.75, 3.05) is 0 Å². The van der Waals surface area contributed by atoms with Crippen LogP contribution in [0.2, 0.25) is 0 Å². The SMILES string of the molecule is N#CC(NC(=O)c1csc(-c2ccccc2F)n1)c1ccc(F)cc1F. The van der Waals surface area contributed by atoms with Crippen LogP contribution in [-0.2, 0) is 0 Å². The van der Waals surface area contributed by atoms with Gasteiger partial charge in [-0.3, -0.25) is 4.79 Å². The quantitative estimate of drug-likeness (QED) is 0.745. The number of carbonyl (C=O) groups excluding carboxylic acids is 1. The van der Waals surface area contributed by atoms with Gasteiger partial charge in [0.1, 0.15) is 34.2 Å². The molecule has 1 atom stereocenters. The highest BCUT2D eigenvalue weighted by atomic mass is 32.1. The number of rotatable bonds is 4. The molecule has 3 rings (SSSR count). The number of carbonyl (C=O) groups is 1. The van der Waals surface area contributed by atoms with Crippen molar-refractivity contribution in [3.63, 3.8) is 0 Å². The van der Waals surface area contributed by atoms with Crippen molar-refractivity contribution < 1.29 is 18.0 Å². The molecule has 0 radical (unpaired) electrons. The normalized spacial score (nSPS) is 11.6. The Hall–Kier alpha value is -3.18. The summed E-state index contributed by atoms with van der Waals surface area (Å²) in [6, 6.07) is 9.13. The smallest absolute Gasteiger partial charge is 0.272 e. The number of nitrogens with one attached hydrogen (secondary N) is 1. The van der Waals surface area contributed by atoms with Gasteiger partial charge < -0.3 is 5.32 Å². The monoisotopic (exact) mass is 373 g/mol. The van der Waals surface area contributed by atoms with Gasteiger partial charge >= 0.3 is 0 Å². The van der Waals surface area contributed by atoms with Crippen LogP contribution < -0.4 is 5.32 Å². The van der Waals surface area contributed by atoms with E-state index in [9.17, 15) is 23.2 Å². The van der Waals surface area contributed by atoms with Crippen LogP contribution in [0.4, 0.5) is 13.2 Å². The first-order chi connectivity index (χ1) is 12.5. The van der Waals surface area contributed by atoms with Crippen LogP contribution in [0, 0.1) is 28.8 Å². The largest absolute Gasteiger partial charge is 0.331 e. The Morgan fingerprint density at radius 2 is 1.92 bits per heavy atom. The molecule has 0 saturated heterocycles. The molecule has 0 aliphatic carbocycles. The molecule has 1 unspecified atom stereocenters. The summed E-state index contributed by atoms with van der Waals surface area (Å²) in [7, 11) is 0. The highest BCUT2D eigenvalue weighted by Gasteiger charge is 2.21. The van der Waals surface area contributed by atoms with Crippen molar-refractivity contribution in [3.05, 3.63) is 76.6 Å². The third-order valence-electron chi connectivity index (χ3n) is 3.52. The Bertz CT molecular complexity index is 1010. The molecule has 0 bridgehead atoms. The van der Waals surface area contributed by atoms with E-state index in [0.717, 1.165) is 23.5 Å².